The molecule has 0 radical (unpaired) electrons. The van der Waals surface area contributed by atoms with Crippen LogP contribution in [-0.2, 0) is 13.1 Å². The van der Waals surface area contributed by atoms with E-state index in [2.05, 4.69) is 46.1 Å². The number of urea groups is 1. The second-order valence-corrected chi connectivity index (χ2v) is 10.8. The molecule has 4 aromatic rings. The predicted molar refractivity (Wildman–Crippen MR) is 169 cm³/mol. The van der Waals surface area contributed by atoms with Crippen LogP contribution in [-0.4, -0.2) is 17.9 Å². The largest absolute Gasteiger partial charge is 0.334 e. The molecule has 43 heavy (non-hydrogen) atoms. The van der Waals surface area contributed by atoms with Gasteiger partial charge in [-0.05, 0) is 70.8 Å². The average Bonchev–Trinajstić information content (AvgIpc) is 3.07. The van der Waals surface area contributed by atoms with Crippen LogP contribution in [0.15, 0.2) is 108 Å². The highest BCUT2D eigenvalue weighted by Gasteiger charge is 2.20. The van der Waals surface area contributed by atoms with Gasteiger partial charge in [-0.15, -0.1) is 5.53 Å². The molecule has 1 fully saturated rings. The minimum absolute atomic E-state index is 0.215. The van der Waals surface area contributed by atoms with Gasteiger partial charge in [0.15, 0.2) is 0 Å². The number of rotatable bonds is 8. The van der Waals surface area contributed by atoms with Crippen LogP contribution >= 0.6 is 0 Å². The number of guanidine groups is 1. The summed E-state index contributed by atoms with van der Waals surface area (Å²) in [6, 6.07) is 33.3. The van der Waals surface area contributed by atoms with Crippen molar-refractivity contribution < 1.29 is 15.1 Å². The van der Waals surface area contributed by atoms with Crippen LogP contribution < -0.4 is 21.1 Å². The summed E-state index contributed by atoms with van der Waals surface area (Å²) in [6.45, 7) is 0.683. The number of nitrogens with two attached hydrogens (primary N) is 1. The number of nitrogens with one attached hydrogen (secondary N) is 3. The molecule has 0 bridgehead atoms. The van der Waals surface area contributed by atoms with Gasteiger partial charge in [0.25, 0.3) is 11.9 Å². The highest BCUT2D eigenvalue weighted by molar-refractivity contribution is 6.04. The summed E-state index contributed by atoms with van der Waals surface area (Å²) < 4.78 is 0. The Balaban J connectivity index is 1.36. The third-order valence-electron chi connectivity index (χ3n) is 7.98. The summed E-state index contributed by atoms with van der Waals surface area (Å²) in [4.78, 5) is 27.9. The normalized spacial score (nSPS) is 13.1. The second-order valence-electron chi connectivity index (χ2n) is 10.8. The van der Waals surface area contributed by atoms with Crippen LogP contribution in [0.2, 0.25) is 0 Å². The Labute approximate surface area is 252 Å². The number of hydrogen-bond donors (Lipinski definition) is 4. The van der Waals surface area contributed by atoms with Gasteiger partial charge in [-0.2, -0.15) is 0 Å². The molecule has 8 heteroatoms. The molecule has 0 unspecified atom stereocenters. The van der Waals surface area contributed by atoms with E-state index in [-0.39, 0.29) is 6.03 Å². The first kappa shape index (κ1) is 29.4. The summed E-state index contributed by atoms with van der Waals surface area (Å²) in [6.07, 6.45) is 6.26. The Morgan fingerprint density at radius 2 is 1.51 bits per heavy atom. The molecule has 218 valence electrons. The first-order valence-electron chi connectivity index (χ1n) is 14.7. The van der Waals surface area contributed by atoms with E-state index in [0.717, 1.165) is 27.9 Å². The smallest absolute Gasteiger partial charge is 0.322 e. The minimum Gasteiger partial charge on any atom is -0.334 e. The van der Waals surface area contributed by atoms with Gasteiger partial charge in [-0.25, -0.2) is 4.79 Å². The van der Waals surface area contributed by atoms with Crippen LogP contribution in [0.3, 0.4) is 0 Å². The maximum absolute atomic E-state index is 13.8. The number of carbonyl (C=O) groups is 2. The van der Waals surface area contributed by atoms with Gasteiger partial charge in [0.05, 0.1) is 6.54 Å². The highest BCUT2D eigenvalue weighted by Crippen LogP contribution is 2.33. The quantitative estimate of drug-likeness (QED) is 0.114. The zero-order chi connectivity index (χ0) is 30.0. The van der Waals surface area contributed by atoms with Gasteiger partial charge in [0, 0.05) is 22.9 Å². The van der Waals surface area contributed by atoms with E-state index in [1.807, 2.05) is 48.5 Å². The van der Waals surface area contributed by atoms with E-state index >= 15 is 0 Å². The summed E-state index contributed by atoms with van der Waals surface area (Å²) in [7, 11) is 0. The lowest BCUT2D eigenvalue weighted by Crippen LogP contribution is -2.39. The van der Waals surface area contributed by atoms with E-state index in [0.29, 0.717) is 24.6 Å². The summed E-state index contributed by atoms with van der Waals surface area (Å²) >= 11 is 0. The Bertz CT molecular complexity index is 1560. The molecule has 0 spiro atoms. The monoisotopic (exact) mass is 573 g/mol. The SMILES string of the molecule is N=C(N=[NH2+])NC(=O)c1ccc(CN(C(=O)NCc2ccccc2-c2ccccc2)c2ccc(C3CCCCC3)cc2)cc1. The number of nitrogens with zero attached hydrogens (tertiary/aromatic N) is 2. The van der Waals surface area contributed by atoms with E-state index < -0.39 is 11.9 Å². The van der Waals surface area contributed by atoms with Crippen LogP contribution in [0.1, 0.15) is 65.1 Å². The Hall–Kier alpha value is -5.11. The maximum Gasteiger partial charge on any atom is 0.322 e. The molecule has 0 aromatic heterocycles. The molecular weight excluding hydrogens is 536 g/mol. The third kappa shape index (κ3) is 7.60. The summed E-state index contributed by atoms with van der Waals surface area (Å²) in [5.74, 6) is -0.315. The van der Waals surface area contributed by atoms with Crippen molar-refractivity contribution in [1.82, 2.24) is 10.6 Å². The van der Waals surface area contributed by atoms with Crippen molar-refractivity contribution in [2.75, 3.05) is 4.90 Å². The topological polar surface area (TPSA) is 123 Å². The number of amides is 3. The Morgan fingerprint density at radius 1 is 0.837 bits per heavy atom. The molecular formula is C35H37N6O2+. The standard InChI is InChI=1S/C35H36N6O2/c36-34(40-37)39-33(42)29-17-15-25(16-18-29)24-41(31-21-19-27(20-22-31)26-9-3-1-4-10-26)35(43)38-23-30-13-7-8-14-32(30)28-11-5-2-6-12-28/h2,5-8,11-22,26,37H,1,3-4,9-10,23-24H2,(H,38,43)(H2,36,39,42)/p+1. The highest BCUT2D eigenvalue weighted by atomic mass is 16.2. The van der Waals surface area contributed by atoms with Crippen molar-refractivity contribution in [3.05, 3.63) is 125 Å². The predicted octanol–water partition coefficient (Wildman–Crippen LogP) is 6.19. The van der Waals surface area contributed by atoms with Gasteiger partial charge in [-0.1, -0.05) is 98.1 Å². The van der Waals surface area contributed by atoms with Crippen LogP contribution in [0.4, 0.5) is 10.5 Å². The second kappa shape index (κ2) is 14.2. The molecule has 5 rings (SSSR count). The van der Waals surface area contributed by atoms with Gasteiger partial charge in [0.2, 0.25) is 0 Å². The van der Waals surface area contributed by atoms with Crippen LogP contribution in [0.5, 0.6) is 0 Å². The van der Waals surface area contributed by atoms with Gasteiger partial charge in [-0.3, -0.25) is 20.4 Å². The minimum atomic E-state index is -0.476. The Kier molecular flexibility index (Phi) is 9.69. The zero-order valence-electron chi connectivity index (χ0n) is 24.1. The maximum atomic E-state index is 13.8. The van der Waals surface area contributed by atoms with Gasteiger partial charge in [0.1, 0.15) is 0 Å². The van der Waals surface area contributed by atoms with Gasteiger partial charge < -0.3 is 5.32 Å². The van der Waals surface area contributed by atoms with Crippen molar-refractivity contribution in [3.63, 3.8) is 0 Å². The molecule has 1 aliphatic rings. The van der Waals surface area contributed by atoms with E-state index in [1.54, 1.807) is 29.2 Å². The van der Waals surface area contributed by atoms with Crippen LogP contribution in [0.25, 0.3) is 11.1 Å². The van der Waals surface area contributed by atoms with Crippen molar-refractivity contribution >= 4 is 23.6 Å². The molecule has 0 saturated heterocycles. The molecule has 0 heterocycles. The first-order chi connectivity index (χ1) is 21.0. The lowest BCUT2D eigenvalue weighted by atomic mass is 9.84. The fourth-order valence-electron chi connectivity index (χ4n) is 5.64. The number of hydrogen-bond acceptors (Lipinski definition) is 3. The van der Waals surface area contributed by atoms with Crippen molar-refractivity contribution in [2.24, 2.45) is 5.11 Å². The Morgan fingerprint density at radius 3 is 2.21 bits per heavy atom. The summed E-state index contributed by atoms with van der Waals surface area (Å²) in [5.41, 5.74) is 11.6. The fourth-order valence-corrected chi connectivity index (χ4v) is 5.64. The molecule has 4 aromatic carbocycles. The molecule has 1 aliphatic carbocycles. The van der Waals surface area contributed by atoms with E-state index in [9.17, 15) is 9.59 Å². The lowest BCUT2D eigenvalue weighted by molar-refractivity contribution is -0.207. The third-order valence-corrected chi connectivity index (χ3v) is 7.98. The number of benzene rings is 4. The summed E-state index contributed by atoms with van der Waals surface area (Å²) in [5, 5.41) is 16.1. The van der Waals surface area contributed by atoms with Crippen molar-refractivity contribution in [1.29, 1.82) is 5.41 Å². The average molecular weight is 574 g/mol. The van der Waals surface area contributed by atoms with Gasteiger partial charge >= 0.3 is 6.03 Å². The lowest BCUT2D eigenvalue weighted by Gasteiger charge is -2.26. The molecule has 3 amide bonds. The fraction of sp³-hybridized carbons (Fsp3) is 0.229. The van der Waals surface area contributed by atoms with Crippen molar-refractivity contribution in [3.8, 4) is 11.1 Å². The molecule has 5 N–H and O–H groups in total. The van der Waals surface area contributed by atoms with E-state index in [1.165, 1.54) is 37.7 Å². The van der Waals surface area contributed by atoms with Crippen LogP contribution in [0, 0.1) is 5.41 Å². The molecule has 0 aliphatic heterocycles. The van der Waals surface area contributed by atoms with Crippen molar-refractivity contribution in [2.45, 2.75) is 51.1 Å². The number of anilines is 1. The van der Waals surface area contributed by atoms with E-state index in [4.69, 9.17) is 10.9 Å². The number of carbonyl (C=O) groups excluding carboxylic acids is 2. The zero-order valence-corrected chi connectivity index (χ0v) is 24.1. The molecule has 0 atom stereocenters. The molecule has 8 nitrogen and oxygen atoms in total. The molecule has 1 saturated carbocycles. The first-order valence-corrected chi connectivity index (χ1v) is 14.7.